The number of carbonyl (C=O) groups excluding carboxylic acids is 1. The number of hydrogen-bond acceptors (Lipinski definition) is 8. The number of amides is 1. The summed E-state index contributed by atoms with van der Waals surface area (Å²) in [6.45, 7) is 16.2. The third kappa shape index (κ3) is 5.35. The van der Waals surface area contributed by atoms with Gasteiger partial charge in [-0.2, -0.15) is 10.1 Å². The number of aromatic amines is 1. The molecular formula is C33H41ClFN9O. The van der Waals surface area contributed by atoms with Gasteiger partial charge in [0.25, 0.3) is 0 Å². The van der Waals surface area contributed by atoms with Crippen molar-refractivity contribution in [1.29, 1.82) is 0 Å². The molecule has 0 aliphatic carbocycles. The molecule has 2 aromatic heterocycles. The van der Waals surface area contributed by atoms with Gasteiger partial charge in [-0.1, -0.05) is 24.2 Å². The van der Waals surface area contributed by atoms with Crippen LogP contribution in [0.15, 0.2) is 30.9 Å². The van der Waals surface area contributed by atoms with Crippen molar-refractivity contribution in [2.75, 3.05) is 55.4 Å². The predicted octanol–water partition coefficient (Wildman–Crippen LogP) is 5.46. The summed E-state index contributed by atoms with van der Waals surface area (Å²) in [6.07, 6.45) is 1.35. The maximum Gasteiger partial charge on any atom is 0.246 e. The Hall–Kier alpha value is -3.96. The number of H-pyrrole nitrogens is 1. The Balaban J connectivity index is 1.56. The predicted molar refractivity (Wildman–Crippen MR) is 181 cm³/mol. The topological polar surface area (TPSA) is 96.5 Å². The van der Waals surface area contributed by atoms with E-state index in [0.29, 0.717) is 47.7 Å². The Morgan fingerprint density at radius 3 is 2.56 bits per heavy atom. The van der Waals surface area contributed by atoms with E-state index in [4.69, 9.17) is 21.6 Å². The molecule has 238 valence electrons. The van der Waals surface area contributed by atoms with Gasteiger partial charge in [-0.25, -0.2) is 9.37 Å². The largest absolute Gasteiger partial charge is 0.366 e. The Morgan fingerprint density at radius 1 is 1.16 bits per heavy atom. The van der Waals surface area contributed by atoms with Gasteiger partial charge in [0.15, 0.2) is 11.6 Å². The van der Waals surface area contributed by atoms with Crippen molar-refractivity contribution in [2.24, 2.45) is 0 Å². The molecule has 10 nitrogen and oxygen atoms in total. The second-order valence-corrected chi connectivity index (χ2v) is 13.3. The highest BCUT2D eigenvalue weighted by atomic mass is 35.5. The standard InChI is InChI=1S/C33H41ClFN9O/c1-9-25(45)43-13-20(6)44(14-19(43)5)32-22-12-23(34)27(26-18(4)10-11-24-28(26)31(40-39-24)36-17(2)3)29(35)30(22)37-33(38-32)42-15-21(16-42)41(7)8/h9-12,17,19-21H,1,13-16H2,2-8H3,(H2,36,39,40)/t19-,20+/m1/s1. The fraction of sp³-hybridized carbons (Fsp3) is 0.455. The van der Waals surface area contributed by atoms with Crippen molar-refractivity contribution in [3.05, 3.63) is 47.3 Å². The first-order chi connectivity index (χ1) is 21.4. The number of anilines is 3. The zero-order valence-electron chi connectivity index (χ0n) is 26.9. The molecule has 0 radical (unpaired) electrons. The van der Waals surface area contributed by atoms with Gasteiger partial charge in [0.05, 0.1) is 15.9 Å². The van der Waals surface area contributed by atoms with E-state index in [2.05, 4.69) is 50.9 Å². The maximum atomic E-state index is 17.2. The van der Waals surface area contributed by atoms with Crippen LogP contribution in [0.5, 0.6) is 0 Å². The Kier molecular flexibility index (Phi) is 8.11. The van der Waals surface area contributed by atoms with Crippen molar-refractivity contribution < 1.29 is 9.18 Å². The first kappa shape index (κ1) is 31.0. The molecule has 0 saturated carbocycles. The summed E-state index contributed by atoms with van der Waals surface area (Å²) in [4.78, 5) is 30.7. The van der Waals surface area contributed by atoms with Crippen molar-refractivity contribution in [3.8, 4) is 11.1 Å². The Morgan fingerprint density at radius 2 is 1.89 bits per heavy atom. The fourth-order valence-electron chi connectivity index (χ4n) is 6.47. The minimum Gasteiger partial charge on any atom is -0.366 e. The molecule has 45 heavy (non-hydrogen) atoms. The molecule has 2 aliphatic rings. The quantitative estimate of drug-likeness (QED) is 0.259. The zero-order valence-corrected chi connectivity index (χ0v) is 27.7. The first-order valence-corrected chi connectivity index (χ1v) is 15.8. The van der Waals surface area contributed by atoms with E-state index >= 15 is 4.39 Å². The van der Waals surface area contributed by atoms with E-state index in [9.17, 15) is 4.79 Å². The van der Waals surface area contributed by atoms with E-state index < -0.39 is 5.82 Å². The zero-order chi connectivity index (χ0) is 32.3. The van der Waals surface area contributed by atoms with Crippen LogP contribution in [-0.4, -0.2) is 100 Å². The lowest BCUT2D eigenvalue weighted by Crippen LogP contribution is -2.59. The van der Waals surface area contributed by atoms with E-state index in [1.807, 2.05) is 51.7 Å². The van der Waals surface area contributed by atoms with Crippen LogP contribution in [0.1, 0.15) is 33.3 Å². The Bertz CT molecular complexity index is 1800. The highest BCUT2D eigenvalue weighted by Crippen LogP contribution is 2.44. The average molecular weight is 634 g/mol. The van der Waals surface area contributed by atoms with Gasteiger partial charge in [0, 0.05) is 66.9 Å². The van der Waals surface area contributed by atoms with Crippen LogP contribution >= 0.6 is 11.6 Å². The van der Waals surface area contributed by atoms with Crippen LogP contribution in [0.4, 0.5) is 22.0 Å². The van der Waals surface area contributed by atoms with Crippen LogP contribution in [0.2, 0.25) is 5.02 Å². The average Bonchev–Trinajstić information content (AvgIpc) is 3.35. The van der Waals surface area contributed by atoms with Crippen molar-refractivity contribution in [1.82, 2.24) is 30.0 Å². The summed E-state index contributed by atoms with van der Waals surface area (Å²) in [5.41, 5.74) is 2.82. The lowest BCUT2D eigenvalue weighted by Gasteiger charge is -2.45. The molecular weight excluding hydrogens is 593 g/mol. The van der Waals surface area contributed by atoms with Gasteiger partial charge < -0.3 is 24.9 Å². The maximum absolute atomic E-state index is 17.2. The summed E-state index contributed by atoms with van der Waals surface area (Å²) in [5.74, 6) is 1.13. The van der Waals surface area contributed by atoms with Crippen molar-refractivity contribution in [3.63, 3.8) is 0 Å². The lowest BCUT2D eigenvalue weighted by atomic mass is 9.94. The van der Waals surface area contributed by atoms with Gasteiger partial charge >= 0.3 is 0 Å². The number of carbonyl (C=O) groups is 1. The second kappa shape index (κ2) is 11.8. The molecule has 0 spiro atoms. The summed E-state index contributed by atoms with van der Waals surface area (Å²) >= 11 is 7.05. The van der Waals surface area contributed by atoms with E-state index in [1.165, 1.54) is 6.08 Å². The molecule has 6 rings (SSSR count). The number of nitrogens with one attached hydrogen (secondary N) is 2. The summed E-state index contributed by atoms with van der Waals surface area (Å²) < 4.78 is 17.2. The third-order valence-electron chi connectivity index (χ3n) is 9.06. The molecule has 2 aromatic carbocycles. The monoisotopic (exact) mass is 633 g/mol. The number of nitrogens with zero attached hydrogens (tertiary/aromatic N) is 7. The minimum atomic E-state index is -0.499. The molecule has 1 amide bonds. The second-order valence-electron chi connectivity index (χ2n) is 12.9. The summed E-state index contributed by atoms with van der Waals surface area (Å²) in [6, 6.07) is 5.97. The molecule has 2 fully saturated rings. The van der Waals surface area contributed by atoms with Crippen LogP contribution in [0, 0.1) is 12.7 Å². The molecule has 0 unspecified atom stereocenters. The third-order valence-corrected chi connectivity index (χ3v) is 9.35. The number of halogens is 2. The molecule has 4 heterocycles. The van der Waals surface area contributed by atoms with Gasteiger partial charge in [0.2, 0.25) is 11.9 Å². The van der Waals surface area contributed by atoms with Crippen molar-refractivity contribution in [2.45, 2.75) is 58.8 Å². The summed E-state index contributed by atoms with van der Waals surface area (Å²) in [5, 5.41) is 12.5. The van der Waals surface area contributed by atoms with Crippen LogP contribution < -0.4 is 15.1 Å². The molecule has 2 saturated heterocycles. The highest BCUT2D eigenvalue weighted by Gasteiger charge is 2.36. The number of aromatic nitrogens is 4. The molecule has 2 aliphatic heterocycles. The van der Waals surface area contributed by atoms with E-state index in [0.717, 1.165) is 29.6 Å². The number of fused-ring (bicyclic) bond motifs is 2. The lowest BCUT2D eigenvalue weighted by molar-refractivity contribution is -0.128. The number of rotatable bonds is 7. The smallest absolute Gasteiger partial charge is 0.246 e. The number of hydrogen-bond donors (Lipinski definition) is 2. The van der Waals surface area contributed by atoms with Crippen molar-refractivity contribution >= 4 is 56.9 Å². The van der Waals surface area contributed by atoms with Gasteiger partial charge in [-0.15, -0.1) is 0 Å². The number of likely N-dealkylation sites (N-methyl/N-ethyl adjacent to an activating group) is 1. The fourth-order valence-corrected chi connectivity index (χ4v) is 6.75. The van der Waals surface area contributed by atoms with Crippen LogP contribution in [0.3, 0.4) is 0 Å². The normalized spacial score (nSPS) is 19.2. The number of aryl methyl sites for hydroxylation is 1. The number of benzene rings is 2. The van der Waals surface area contributed by atoms with Gasteiger partial charge in [0.1, 0.15) is 11.3 Å². The van der Waals surface area contributed by atoms with Crippen LogP contribution in [-0.2, 0) is 4.79 Å². The Labute approximate surface area is 268 Å². The van der Waals surface area contributed by atoms with Gasteiger partial charge in [-0.05, 0) is 72.5 Å². The number of piperazine rings is 1. The first-order valence-electron chi connectivity index (χ1n) is 15.4. The molecule has 12 heteroatoms. The van der Waals surface area contributed by atoms with Gasteiger partial charge in [-0.3, -0.25) is 9.89 Å². The minimum absolute atomic E-state index is 0.0879. The molecule has 2 N–H and O–H groups in total. The molecule has 0 bridgehead atoms. The van der Waals surface area contributed by atoms with E-state index in [-0.39, 0.29) is 40.1 Å². The van der Waals surface area contributed by atoms with Crippen LogP contribution in [0.25, 0.3) is 32.9 Å². The SMILES string of the molecule is C=CC(=O)N1C[C@H](C)N(c2nc(N3CC(N(C)C)C3)nc3c(F)c(-c4c(C)ccc5[nH]nc(NC(C)C)c45)c(Cl)cc23)C[C@H]1C. The highest BCUT2D eigenvalue weighted by molar-refractivity contribution is 6.35. The van der Waals surface area contributed by atoms with E-state index in [1.54, 1.807) is 6.07 Å². The molecule has 2 atom stereocenters. The molecule has 4 aromatic rings. The summed E-state index contributed by atoms with van der Waals surface area (Å²) in [7, 11) is 4.11.